The van der Waals surface area contributed by atoms with E-state index in [9.17, 15) is 0 Å². The van der Waals surface area contributed by atoms with Gasteiger partial charge < -0.3 is 9.84 Å². The molecule has 1 N–H and O–H groups in total. The predicted molar refractivity (Wildman–Crippen MR) is 60.2 cm³/mol. The van der Waals surface area contributed by atoms with Crippen LogP contribution in [0.5, 0.6) is 0 Å². The van der Waals surface area contributed by atoms with Crippen LogP contribution in [0, 0.1) is 0 Å². The van der Waals surface area contributed by atoms with Gasteiger partial charge in [0.15, 0.2) is 5.82 Å². The summed E-state index contributed by atoms with van der Waals surface area (Å²) in [7, 11) is 0. The second-order valence-electron chi connectivity index (χ2n) is 4.13. The maximum Gasteiger partial charge on any atom is 0.259 e. The Bertz CT molecular complexity index is 478. The molecule has 17 heavy (non-hydrogen) atoms. The fourth-order valence-electron chi connectivity index (χ4n) is 2.01. The van der Waals surface area contributed by atoms with Gasteiger partial charge >= 0.3 is 0 Å². The van der Waals surface area contributed by atoms with Crippen LogP contribution < -0.4 is 5.32 Å². The van der Waals surface area contributed by atoms with Crippen LogP contribution in [0.3, 0.4) is 0 Å². The molecule has 1 atom stereocenters. The zero-order valence-corrected chi connectivity index (χ0v) is 9.33. The molecule has 1 aliphatic rings. The smallest absolute Gasteiger partial charge is 0.259 e. The highest BCUT2D eigenvalue weighted by molar-refractivity contribution is 5.49. The van der Waals surface area contributed by atoms with Crippen molar-refractivity contribution in [1.29, 1.82) is 0 Å². The van der Waals surface area contributed by atoms with Crippen molar-refractivity contribution in [2.45, 2.75) is 18.8 Å². The number of rotatable bonds is 2. The molecule has 1 fully saturated rings. The van der Waals surface area contributed by atoms with Crippen LogP contribution >= 0.6 is 0 Å². The SMILES string of the molecule is c1cc(-c2nc(C3CCCNC3)no2)cnn1. The molecule has 0 spiro atoms. The van der Waals surface area contributed by atoms with Crippen molar-refractivity contribution in [2.24, 2.45) is 0 Å². The molecule has 3 heterocycles. The van der Waals surface area contributed by atoms with Crippen molar-refractivity contribution in [3.05, 3.63) is 24.3 Å². The summed E-state index contributed by atoms with van der Waals surface area (Å²) < 4.78 is 5.25. The Balaban J connectivity index is 1.83. The first-order chi connectivity index (χ1) is 8.43. The third-order valence-corrected chi connectivity index (χ3v) is 2.93. The van der Waals surface area contributed by atoms with E-state index in [0.717, 1.165) is 37.3 Å². The van der Waals surface area contributed by atoms with E-state index >= 15 is 0 Å². The van der Waals surface area contributed by atoms with Crippen LogP contribution in [0.1, 0.15) is 24.6 Å². The van der Waals surface area contributed by atoms with Crippen LogP contribution in [0.4, 0.5) is 0 Å². The van der Waals surface area contributed by atoms with Gasteiger partial charge in [-0.25, -0.2) is 0 Å². The molecule has 6 nitrogen and oxygen atoms in total. The standard InChI is InChI=1S/C11H13N5O/c1-2-8(6-12-4-1)10-15-11(17-16-10)9-3-5-13-14-7-9/h3,5,7-8,12H,1-2,4,6H2. The van der Waals surface area contributed by atoms with Crippen molar-refractivity contribution < 1.29 is 4.52 Å². The van der Waals surface area contributed by atoms with Gasteiger partial charge in [-0.15, -0.1) is 0 Å². The van der Waals surface area contributed by atoms with Crippen LogP contribution in [0.15, 0.2) is 23.0 Å². The minimum absolute atomic E-state index is 0.357. The Morgan fingerprint density at radius 2 is 2.35 bits per heavy atom. The monoisotopic (exact) mass is 231 g/mol. The highest BCUT2D eigenvalue weighted by Crippen LogP contribution is 2.23. The molecule has 0 bridgehead atoms. The molecule has 2 aromatic rings. The van der Waals surface area contributed by atoms with E-state index in [0.29, 0.717) is 11.8 Å². The summed E-state index contributed by atoms with van der Waals surface area (Å²) in [6, 6.07) is 1.81. The molecule has 0 amide bonds. The van der Waals surface area contributed by atoms with E-state index in [1.165, 1.54) is 0 Å². The summed E-state index contributed by atoms with van der Waals surface area (Å²) in [5.74, 6) is 1.65. The number of piperidine rings is 1. The van der Waals surface area contributed by atoms with E-state index < -0.39 is 0 Å². The van der Waals surface area contributed by atoms with Gasteiger partial charge in [0.05, 0.1) is 18.0 Å². The van der Waals surface area contributed by atoms with Crippen molar-refractivity contribution in [3.8, 4) is 11.5 Å². The summed E-state index contributed by atoms with van der Waals surface area (Å²) in [6.07, 6.45) is 5.50. The average molecular weight is 231 g/mol. The molecule has 1 unspecified atom stereocenters. The zero-order chi connectivity index (χ0) is 11.5. The average Bonchev–Trinajstić information content (AvgIpc) is 2.90. The molecule has 1 aliphatic heterocycles. The Morgan fingerprint density at radius 3 is 3.12 bits per heavy atom. The molecule has 3 rings (SSSR count). The second kappa shape index (κ2) is 4.58. The minimum atomic E-state index is 0.357. The van der Waals surface area contributed by atoms with Crippen LogP contribution in [0.2, 0.25) is 0 Å². The molecule has 0 aliphatic carbocycles. The predicted octanol–water partition coefficient (Wildman–Crippen LogP) is 0.994. The third-order valence-electron chi connectivity index (χ3n) is 2.93. The summed E-state index contributed by atoms with van der Waals surface area (Å²) in [6.45, 7) is 2.00. The van der Waals surface area contributed by atoms with E-state index in [-0.39, 0.29) is 0 Å². The van der Waals surface area contributed by atoms with E-state index in [1.807, 2.05) is 6.07 Å². The highest BCUT2D eigenvalue weighted by Gasteiger charge is 2.21. The molecular formula is C11H13N5O. The molecule has 0 aromatic carbocycles. The molecule has 2 aromatic heterocycles. The van der Waals surface area contributed by atoms with E-state index in [2.05, 4.69) is 25.7 Å². The Hall–Kier alpha value is -1.82. The fraction of sp³-hybridized carbons (Fsp3) is 0.455. The number of hydrogen-bond acceptors (Lipinski definition) is 6. The van der Waals surface area contributed by atoms with Gasteiger partial charge in [-0.05, 0) is 25.5 Å². The molecular weight excluding hydrogens is 218 g/mol. The third kappa shape index (κ3) is 2.16. The quantitative estimate of drug-likeness (QED) is 0.830. The van der Waals surface area contributed by atoms with Crippen molar-refractivity contribution in [1.82, 2.24) is 25.7 Å². The zero-order valence-electron chi connectivity index (χ0n) is 9.33. The summed E-state index contributed by atoms with van der Waals surface area (Å²) in [4.78, 5) is 4.42. The molecule has 0 radical (unpaired) electrons. The lowest BCUT2D eigenvalue weighted by molar-refractivity contribution is 0.393. The van der Waals surface area contributed by atoms with Gasteiger partial charge in [-0.1, -0.05) is 5.16 Å². The van der Waals surface area contributed by atoms with Crippen LogP contribution in [-0.4, -0.2) is 33.4 Å². The maximum absolute atomic E-state index is 5.25. The molecule has 0 saturated carbocycles. The van der Waals surface area contributed by atoms with Gasteiger partial charge in [0.1, 0.15) is 0 Å². The number of nitrogens with one attached hydrogen (secondary N) is 1. The Kier molecular flexibility index (Phi) is 2.79. The normalized spacial score (nSPS) is 20.4. The van der Waals surface area contributed by atoms with Gasteiger partial charge in [0.25, 0.3) is 5.89 Å². The number of nitrogens with zero attached hydrogens (tertiary/aromatic N) is 4. The summed E-state index contributed by atoms with van der Waals surface area (Å²) in [5.41, 5.74) is 0.808. The Labute approximate surface area is 98.4 Å². The van der Waals surface area contributed by atoms with E-state index in [1.54, 1.807) is 12.4 Å². The minimum Gasteiger partial charge on any atom is -0.334 e. The largest absolute Gasteiger partial charge is 0.334 e. The number of hydrogen-bond donors (Lipinski definition) is 1. The summed E-state index contributed by atoms with van der Waals surface area (Å²) >= 11 is 0. The van der Waals surface area contributed by atoms with Crippen LogP contribution in [0.25, 0.3) is 11.5 Å². The van der Waals surface area contributed by atoms with Crippen molar-refractivity contribution >= 4 is 0 Å². The molecule has 6 heteroatoms. The topological polar surface area (TPSA) is 76.7 Å². The van der Waals surface area contributed by atoms with Crippen molar-refractivity contribution in [2.75, 3.05) is 13.1 Å². The first kappa shape index (κ1) is 10.3. The highest BCUT2D eigenvalue weighted by atomic mass is 16.5. The summed E-state index contributed by atoms with van der Waals surface area (Å²) in [5, 5.41) is 14.9. The first-order valence-electron chi connectivity index (χ1n) is 5.75. The lowest BCUT2D eigenvalue weighted by Crippen LogP contribution is -2.28. The van der Waals surface area contributed by atoms with Gasteiger partial charge in [0, 0.05) is 12.5 Å². The fourth-order valence-corrected chi connectivity index (χ4v) is 2.01. The maximum atomic E-state index is 5.25. The second-order valence-corrected chi connectivity index (χ2v) is 4.13. The lowest BCUT2D eigenvalue weighted by Gasteiger charge is -2.19. The van der Waals surface area contributed by atoms with Crippen LogP contribution in [-0.2, 0) is 0 Å². The molecule has 1 saturated heterocycles. The first-order valence-corrected chi connectivity index (χ1v) is 5.75. The van der Waals surface area contributed by atoms with E-state index in [4.69, 9.17) is 4.52 Å². The van der Waals surface area contributed by atoms with Crippen molar-refractivity contribution in [3.63, 3.8) is 0 Å². The Morgan fingerprint density at radius 1 is 1.35 bits per heavy atom. The molecule has 88 valence electrons. The lowest BCUT2D eigenvalue weighted by atomic mass is 9.99. The van der Waals surface area contributed by atoms with Gasteiger partial charge in [0.2, 0.25) is 0 Å². The van der Waals surface area contributed by atoms with Gasteiger partial charge in [-0.3, -0.25) is 0 Å². The number of aromatic nitrogens is 4. The van der Waals surface area contributed by atoms with Gasteiger partial charge in [-0.2, -0.15) is 15.2 Å².